The zero-order chi connectivity index (χ0) is 34.5. The molecule has 11 N–H and O–H groups in total. The van der Waals surface area contributed by atoms with Crippen LogP contribution in [0.1, 0.15) is 37.3 Å². The van der Waals surface area contributed by atoms with Gasteiger partial charge in [-0.15, -0.1) is 0 Å². The molecular formula is C26H42Cl2N6O8S2. The quantitative estimate of drug-likeness (QED) is 0.0804. The minimum Gasteiger partial charge on any atom is -0.370 e. The molecule has 0 aromatic heterocycles. The highest BCUT2D eigenvalue weighted by molar-refractivity contribution is 7.85. The molecule has 0 saturated heterocycles. The van der Waals surface area contributed by atoms with E-state index in [4.69, 9.17) is 55.2 Å². The zero-order valence-corrected chi connectivity index (χ0v) is 27.8. The minimum atomic E-state index is -3.67. The van der Waals surface area contributed by atoms with Crippen molar-refractivity contribution in [3.05, 3.63) is 69.7 Å². The van der Waals surface area contributed by atoms with Gasteiger partial charge in [0.25, 0.3) is 26.1 Å². The molecule has 2 rings (SSSR count). The van der Waals surface area contributed by atoms with Gasteiger partial charge in [0.15, 0.2) is 5.96 Å². The average molecular weight is 702 g/mol. The number of aliphatic imine (C=N–C) groups is 1. The van der Waals surface area contributed by atoms with Gasteiger partial charge in [-0.25, -0.2) is 0 Å². The van der Waals surface area contributed by atoms with Crippen LogP contribution in [-0.2, 0) is 42.7 Å². The van der Waals surface area contributed by atoms with E-state index < -0.39 is 32.2 Å². The van der Waals surface area contributed by atoms with Crippen LogP contribution in [0.4, 0.5) is 0 Å². The van der Waals surface area contributed by atoms with E-state index in [1.54, 1.807) is 18.2 Å². The van der Waals surface area contributed by atoms with Crippen LogP contribution in [0.15, 0.2) is 53.5 Å². The van der Waals surface area contributed by atoms with Gasteiger partial charge in [0.05, 0.1) is 25.0 Å². The van der Waals surface area contributed by atoms with Crippen molar-refractivity contribution >= 4 is 61.2 Å². The van der Waals surface area contributed by atoms with Crippen molar-refractivity contribution in [3.8, 4) is 0 Å². The number of halogens is 2. The van der Waals surface area contributed by atoms with Crippen molar-refractivity contribution < 1.29 is 35.5 Å². The monoisotopic (exact) mass is 700 g/mol. The van der Waals surface area contributed by atoms with Crippen LogP contribution in [-0.4, -0.2) is 74.9 Å². The molecule has 0 radical (unpaired) electrons. The van der Waals surface area contributed by atoms with Gasteiger partial charge in [0.2, 0.25) is 5.91 Å². The van der Waals surface area contributed by atoms with Crippen molar-refractivity contribution in [2.75, 3.05) is 19.1 Å². The number of carbonyl (C=O) groups is 2. The third kappa shape index (κ3) is 29.3. The van der Waals surface area contributed by atoms with Gasteiger partial charge in [-0.05, 0) is 56.0 Å². The molecule has 0 heterocycles. The molecule has 14 nitrogen and oxygen atoms in total. The minimum absolute atomic E-state index is 0.0175. The first kappa shape index (κ1) is 43.3. The molecule has 0 aliphatic rings. The number of guanidine groups is 1. The first-order chi connectivity index (χ1) is 20.1. The van der Waals surface area contributed by atoms with Crippen LogP contribution in [0.5, 0.6) is 0 Å². The van der Waals surface area contributed by atoms with Gasteiger partial charge >= 0.3 is 0 Å². The molecule has 0 fully saturated rings. The van der Waals surface area contributed by atoms with E-state index in [2.05, 4.69) is 22.4 Å². The lowest BCUT2D eigenvalue weighted by atomic mass is 10.1. The van der Waals surface area contributed by atoms with Crippen molar-refractivity contribution in [2.24, 2.45) is 27.9 Å². The first-order valence-electron chi connectivity index (χ1n) is 12.8. The molecule has 0 bridgehead atoms. The molecule has 2 amide bonds. The average Bonchev–Trinajstić information content (AvgIpc) is 2.85. The number of hydrogen-bond acceptors (Lipinski definition) is 8. The summed E-state index contributed by atoms with van der Waals surface area (Å²) in [5.74, 6) is -0.825. The van der Waals surface area contributed by atoms with Gasteiger partial charge in [-0.2, -0.15) is 21.8 Å². The van der Waals surface area contributed by atoms with Crippen LogP contribution in [0.2, 0.25) is 10.0 Å². The Labute approximate surface area is 269 Å². The van der Waals surface area contributed by atoms with Gasteiger partial charge in [0, 0.05) is 16.1 Å². The maximum absolute atomic E-state index is 11.9. The molecule has 0 aliphatic carbocycles. The molecule has 0 aliphatic heterocycles. The molecule has 2 aromatic rings. The summed E-state index contributed by atoms with van der Waals surface area (Å²) in [5.41, 5.74) is 23.1. The second-order valence-corrected chi connectivity index (χ2v) is 13.0. The Balaban J connectivity index is 0. The van der Waals surface area contributed by atoms with Crippen LogP contribution in [0.25, 0.3) is 0 Å². The summed E-state index contributed by atoms with van der Waals surface area (Å²) in [5, 5.41) is 3.80. The molecule has 44 heavy (non-hydrogen) atoms. The van der Waals surface area contributed by atoms with Crippen molar-refractivity contribution in [2.45, 2.75) is 51.1 Å². The fraction of sp³-hybridized carbons (Fsp3) is 0.423. The Kier molecular flexibility index (Phi) is 22.3. The van der Waals surface area contributed by atoms with E-state index in [1.165, 1.54) is 5.56 Å². The SMILES string of the molecule is CS(=O)(=O)O.CS(=O)(=O)O.C[C@@H](Cc1ccccc1)NC(=O)[C@@H](N)CCCCN.NC(N)=NC(=O)Cc1c(Cl)cccc1Cl. The summed E-state index contributed by atoms with van der Waals surface area (Å²) in [6.45, 7) is 2.65. The molecule has 18 heteroatoms. The second kappa shape index (κ2) is 22.6. The first-order valence-corrected chi connectivity index (χ1v) is 17.3. The molecule has 0 spiro atoms. The Hall–Kier alpha value is -2.83. The summed E-state index contributed by atoms with van der Waals surface area (Å²) in [7, 11) is -7.33. The maximum atomic E-state index is 11.9. The number of nitrogens with two attached hydrogens (primary N) is 4. The van der Waals surface area contributed by atoms with Crippen molar-refractivity contribution in [1.82, 2.24) is 5.32 Å². The smallest absolute Gasteiger partial charge is 0.261 e. The van der Waals surface area contributed by atoms with Gasteiger partial charge in [0.1, 0.15) is 0 Å². The third-order valence-corrected chi connectivity index (χ3v) is 5.43. The van der Waals surface area contributed by atoms with Crippen LogP contribution in [0, 0.1) is 0 Å². The summed E-state index contributed by atoms with van der Waals surface area (Å²) in [4.78, 5) is 26.5. The van der Waals surface area contributed by atoms with Crippen LogP contribution >= 0.6 is 23.2 Å². The van der Waals surface area contributed by atoms with E-state index in [0.717, 1.165) is 19.3 Å². The molecule has 0 saturated carbocycles. The zero-order valence-electron chi connectivity index (χ0n) is 24.7. The van der Waals surface area contributed by atoms with E-state index in [-0.39, 0.29) is 24.3 Å². The Morgan fingerprint density at radius 2 is 1.39 bits per heavy atom. The Bertz CT molecular complexity index is 1330. The fourth-order valence-corrected chi connectivity index (χ4v) is 3.58. The highest BCUT2D eigenvalue weighted by atomic mass is 35.5. The Morgan fingerprint density at radius 3 is 1.82 bits per heavy atom. The predicted octanol–water partition coefficient (Wildman–Crippen LogP) is 1.53. The number of unbranched alkanes of at least 4 members (excludes halogenated alkanes) is 1. The van der Waals surface area contributed by atoms with E-state index in [1.807, 2.05) is 25.1 Å². The maximum Gasteiger partial charge on any atom is 0.261 e. The largest absolute Gasteiger partial charge is 0.370 e. The van der Waals surface area contributed by atoms with Crippen LogP contribution < -0.4 is 28.3 Å². The Morgan fingerprint density at radius 1 is 0.909 bits per heavy atom. The molecule has 250 valence electrons. The van der Waals surface area contributed by atoms with Gasteiger partial charge in [-0.3, -0.25) is 18.7 Å². The topological polar surface area (TPSA) is 271 Å². The van der Waals surface area contributed by atoms with Crippen LogP contribution in [0.3, 0.4) is 0 Å². The van der Waals surface area contributed by atoms with E-state index in [0.29, 0.717) is 41.1 Å². The number of benzene rings is 2. The molecular weight excluding hydrogens is 659 g/mol. The lowest BCUT2D eigenvalue weighted by molar-refractivity contribution is -0.123. The lowest BCUT2D eigenvalue weighted by Gasteiger charge is -2.17. The number of nitrogens with one attached hydrogen (secondary N) is 1. The highest BCUT2D eigenvalue weighted by Crippen LogP contribution is 2.24. The normalized spacial score (nSPS) is 11.9. The number of hydrogen-bond donors (Lipinski definition) is 7. The number of carbonyl (C=O) groups excluding carboxylic acids is 2. The summed E-state index contributed by atoms with van der Waals surface area (Å²) in [6.07, 6.45) is 4.75. The van der Waals surface area contributed by atoms with Gasteiger partial charge in [-0.1, -0.05) is 66.0 Å². The molecule has 2 atom stereocenters. The summed E-state index contributed by atoms with van der Waals surface area (Å²) < 4.78 is 51.7. The van der Waals surface area contributed by atoms with E-state index in [9.17, 15) is 26.4 Å². The standard InChI is InChI=1S/C15H25N3O.C9H9Cl2N3O.2CH4O3S/c1-12(11-13-7-3-2-4-8-13)18-15(19)14(17)9-5-6-10-16;10-6-2-1-3-7(11)5(6)4-8(15)14-9(12)13;2*1-5(2,3)4/h2-4,7-8,12,14H,5-6,9-11,16-17H2,1H3,(H,18,19);1-3H,4H2,(H4,12,13,14,15);2*1H3,(H,2,3,4)/t12-,14-;;;/m0.../s1. The fourth-order valence-electron chi connectivity index (χ4n) is 3.04. The van der Waals surface area contributed by atoms with E-state index >= 15 is 0 Å². The lowest BCUT2D eigenvalue weighted by Crippen LogP contribution is -2.45. The summed E-state index contributed by atoms with van der Waals surface area (Å²) in [6, 6.07) is 14.8. The molecule has 2 aromatic carbocycles. The number of nitrogens with zero attached hydrogens (tertiary/aromatic N) is 1. The predicted molar refractivity (Wildman–Crippen MR) is 175 cm³/mol. The van der Waals surface area contributed by atoms with Gasteiger partial charge < -0.3 is 28.3 Å². The third-order valence-electron chi connectivity index (χ3n) is 4.72. The van der Waals surface area contributed by atoms with Crippen molar-refractivity contribution in [1.29, 1.82) is 0 Å². The number of rotatable bonds is 10. The van der Waals surface area contributed by atoms with Crippen molar-refractivity contribution in [3.63, 3.8) is 0 Å². The highest BCUT2D eigenvalue weighted by Gasteiger charge is 2.15. The second-order valence-electron chi connectivity index (χ2n) is 9.26. The summed E-state index contributed by atoms with van der Waals surface area (Å²) >= 11 is 11.7. The molecule has 0 unspecified atom stereocenters. The number of amides is 2.